The molecule has 0 saturated heterocycles. The standard InChI is InChI=1S/C31H26F3NO4S/c1-20-19-40-28(35-20)18-39-15-5-8-24-16-25(30(38)29(37)23-6-3-2-4-7-23)12-10-21(24)9-11-22-13-14-26(36)17-27(22)31(32,33)34/h2-4,6-7,10,12-14,16-17,19,30,36,38H,5,8,15,18H2,1H3. The van der Waals surface area contributed by atoms with Crippen molar-refractivity contribution < 1.29 is 32.9 Å². The fourth-order valence-corrected chi connectivity index (χ4v) is 4.74. The zero-order chi connectivity index (χ0) is 28.7. The summed E-state index contributed by atoms with van der Waals surface area (Å²) in [6.07, 6.45) is -5.09. The van der Waals surface area contributed by atoms with Gasteiger partial charge in [-0.2, -0.15) is 13.2 Å². The summed E-state index contributed by atoms with van der Waals surface area (Å²) in [6.45, 7) is 2.68. The molecule has 0 fully saturated rings. The van der Waals surface area contributed by atoms with Crippen LogP contribution in [0.5, 0.6) is 5.75 Å². The van der Waals surface area contributed by atoms with Crippen LogP contribution in [0.2, 0.25) is 0 Å². The van der Waals surface area contributed by atoms with E-state index in [-0.39, 0.29) is 5.56 Å². The predicted octanol–water partition coefficient (Wildman–Crippen LogP) is 6.64. The van der Waals surface area contributed by atoms with E-state index in [0.29, 0.717) is 54.4 Å². The lowest BCUT2D eigenvalue weighted by atomic mass is 9.94. The number of aromatic hydroxyl groups is 1. The molecule has 0 bridgehead atoms. The smallest absolute Gasteiger partial charge is 0.417 e. The average molecular weight is 566 g/mol. The minimum atomic E-state index is -4.69. The number of halogens is 3. The highest BCUT2D eigenvalue weighted by atomic mass is 32.1. The van der Waals surface area contributed by atoms with E-state index >= 15 is 0 Å². The normalized spacial score (nSPS) is 12.0. The molecule has 1 aromatic heterocycles. The van der Waals surface area contributed by atoms with Crippen molar-refractivity contribution in [3.05, 3.63) is 116 Å². The van der Waals surface area contributed by atoms with Crippen LogP contribution in [0.4, 0.5) is 13.2 Å². The van der Waals surface area contributed by atoms with Gasteiger partial charge in [-0.25, -0.2) is 4.98 Å². The Bertz CT molecular complexity index is 1540. The first-order valence-electron chi connectivity index (χ1n) is 12.4. The van der Waals surface area contributed by atoms with E-state index in [1.54, 1.807) is 48.5 Å². The first-order chi connectivity index (χ1) is 19.1. The monoisotopic (exact) mass is 565 g/mol. The Morgan fingerprint density at radius 3 is 2.48 bits per heavy atom. The van der Waals surface area contributed by atoms with Gasteiger partial charge in [0.25, 0.3) is 0 Å². The maximum atomic E-state index is 13.5. The van der Waals surface area contributed by atoms with Crippen LogP contribution in [0.25, 0.3) is 0 Å². The predicted molar refractivity (Wildman–Crippen MR) is 146 cm³/mol. The number of hydrogen-bond acceptors (Lipinski definition) is 6. The van der Waals surface area contributed by atoms with E-state index in [9.17, 15) is 28.2 Å². The summed E-state index contributed by atoms with van der Waals surface area (Å²) in [7, 11) is 0. The molecule has 0 radical (unpaired) electrons. The van der Waals surface area contributed by atoms with Crippen LogP contribution in [0.15, 0.2) is 72.1 Å². The molecule has 0 aliphatic carbocycles. The van der Waals surface area contributed by atoms with Gasteiger partial charge in [0, 0.05) is 34.4 Å². The fraction of sp³-hybridized carbons (Fsp3) is 0.226. The summed E-state index contributed by atoms with van der Waals surface area (Å²) < 4.78 is 46.2. The van der Waals surface area contributed by atoms with Crippen molar-refractivity contribution in [3.63, 3.8) is 0 Å². The summed E-state index contributed by atoms with van der Waals surface area (Å²) >= 11 is 1.51. The van der Waals surface area contributed by atoms with Gasteiger partial charge in [0.15, 0.2) is 5.78 Å². The molecule has 4 rings (SSSR count). The van der Waals surface area contributed by atoms with Gasteiger partial charge in [0.1, 0.15) is 16.9 Å². The number of aliphatic hydroxyl groups excluding tert-OH is 1. The van der Waals surface area contributed by atoms with Crippen LogP contribution >= 0.6 is 11.3 Å². The number of aryl methyl sites for hydroxylation is 2. The molecule has 0 saturated carbocycles. The summed E-state index contributed by atoms with van der Waals surface area (Å²) in [4.78, 5) is 17.2. The fourth-order valence-electron chi connectivity index (χ4n) is 4.03. The number of phenols is 1. The van der Waals surface area contributed by atoms with Crippen molar-refractivity contribution in [2.75, 3.05) is 6.61 Å². The molecule has 1 atom stereocenters. The number of hydrogen-bond donors (Lipinski definition) is 2. The third-order valence-corrected chi connectivity index (χ3v) is 6.96. The largest absolute Gasteiger partial charge is 0.508 e. The number of thiazole rings is 1. The maximum absolute atomic E-state index is 13.5. The summed E-state index contributed by atoms with van der Waals surface area (Å²) in [5.74, 6) is 4.42. The minimum Gasteiger partial charge on any atom is -0.508 e. The number of rotatable bonds is 9. The molecule has 40 heavy (non-hydrogen) atoms. The van der Waals surface area contributed by atoms with Crippen molar-refractivity contribution in [2.45, 2.75) is 38.7 Å². The van der Waals surface area contributed by atoms with E-state index in [2.05, 4.69) is 16.8 Å². The van der Waals surface area contributed by atoms with Crippen molar-refractivity contribution in [3.8, 4) is 17.6 Å². The van der Waals surface area contributed by atoms with Crippen molar-refractivity contribution in [1.82, 2.24) is 4.98 Å². The topological polar surface area (TPSA) is 79.7 Å². The van der Waals surface area contributed by atoms with Gasteiger partial charge in [0.2, 0.25) is 0 Å². The number of ketones is 1. The lowest BCUT2D eigenvalue weighted by molar-refractivity contribution is -0.137. The molecule has 206 valence electrons. The number of benzene rings is 3. The van der Waals surface area contributed by atoms with E-state index in [4.69, 9.17) is 4.74 Å². The van der Waals surface area contributed by atoms with E-state index in [1.807, 2.05) is 12.3 Å². The average Bonchev–Trinajstić information content (AvgIpc) is 3.36. The molecule has 0 spiro atoms. The number of carbonyl (C=O) groups excluding carboxylic acids is 1. The van der Waals surface area contributed by atoms with Crippen LogP contribution in [-0.2, 0) is 23.9 Å². The molecule has 0 amide bonds. The Morgan fingerprint density at radius 1 is 1.05 bits per heavy atom. The second kappa shape index (κ2) is 12.9. The Labute approximate surface area is 233 Å². The Kier molecular flexibility index (Phi) is 9.38. The second-order valence-corrected chi connectivity index (χ2v) is 10.0. The molecule has 0 aliphatic rings. The molecule has 9 heteroatoms. The highest BCUT2D eigenvalue weighted by molar-refractivity contribution is 7.09. The summed E-state index contributed by atoms with van der Waals surface area (Å²) in [6, 6.07) is 16.1. The molecule has 5 nitrogen and oxygen atoms in total. The number of phenolic OH excluding ortho intramolecular Hbond substituents is 1. The van der Waals surface area contributed by atoms with Crippen molar-refractivity contribution in [1.29, 1.82) is 0 Å². The molecule has 1 heterocycles. The molecule has 0 aliphatic heterocycles. The summed E-state index contributed by atoms with van der Waals surface area (Å²) in [5.41, 5.74) is 1.45. The van der Waals surface area contributed by atoms with E-state index in [1.165, 1.54) is 11.3 Å². The van der Waals surface area contributed by atoms with Crippen LogP contribution in [0.1, 0.15) is 61.4 Å². The number of aromatic nitrogens is 1. The number of aliphatic hydroxyl groups is 1. The molecule has 4 aromatic rings. The Hall–Kier alpha value is -3.97. The van der Waals surface area contributed by atoms with Gasteiger partial charge in [-0.15, -0.1) is 11.3 Å². The zero-order valence-corrected chi connectivity index (χ0v) is 22.4. The van der Waals surface area contributed by atoms with Gasteiger partial charge in [0.05, 0.1) is 12.2 Å². The van der Waals surface area contributed by atoms with Crippen LogP contribution < -0.4 is 0 Å². The van der Waals surface area contributed by atoms with Crippen LogP contribution in [0, 0.1) is 18.8 Å². The molecular weight excluding hydrogens is 539 g/mol. The zero-order valence-electron chi connectivity index (χ0n) is 21.5. The van der Waals surface area contributed by atoms with E-state index < -0.39 is 29.4 Å². The third kappa shape index (κ3) is 7.57. The molecule has 3 aromatic carbocycles. The number of carbonyl (C=O) groups is 1. The SMILES string of the molecule is Cc1csc(COCCCc2cc(C(O)C(=O)c3ccccc3)ccc2C#Cc2ccc(O)cc2C(F)(F)F)n1. The third-order valence-electron chi connectivity index (χ3n) is 6.02. The number of nitrogens with zero attached hydrogens (tertiary/aromatic N) is 1. The minimum absolute atomic E-state index is 0.276. The van der Waals surface area contributed by atoms with Gasteiger partial charge in [-0.05, 0) is 55.2 Å². The van der Waals surface area contributed by atoms with Gasteiger partial charge < -0.3 is 14.9 Å². The highest BCUT2D eigenvalue weighted by Gasteiger charge is 2.33. The van der Waals surface area contributed by atoms with Gasteiger partial charge in [-0.1, -0.05) is 54.3 Å². The first-order valence-corrected chi connectivity index (χ1v) is 13.3. The van der Waals surface area contributed by atoms with Crippen LogP contribution in [0.3, 0.4) is 0 Å². The van der Waals surface area contributed by atoms with Crippen molar-refractivity contribution >= 4 is 17.1 Å². The molecule has 2 N–H and O–H groups in total. The first kappa shape index (κ1) is 29.0. The molecular formula is C31H26F3NO4S. The Balaban J connectivity index is 1.58. The van der Waals surface area contributed by atoms with Gasteiger partial charge in [-0.3, -0.25) is 4.79 Å². The quantitative estimate of drug-likeness (QED) is 0.135. The number of Topliss-reactive ketones (excluding diaryl/α,β-unsaturated/α-hetero) is 1. The molecule has 1 unspecified atom stereocenters. The van der Waals surface area contributed by atoms with E-state index in [0.717, 1.165) is 22.8 Å². The van der Waals surface area contributed by atoms with Gasteiger partial charge >= 0.3 is 6.18 Å². The van der Waals surface area contributed by atoms with Crippen molar-refractivity contribution in [2.24, 2.45) is 0 Å². The summed E-state index contributed by atoms with van der Waals surface area (Å²) in [5, 5.41) is 23.1. The Morgan fingerprint density at radius 2 is 1.77 bits per heavy atom. The second-order valence-electron chi connectivity index (χ2n) is 9.07. The lowest BCUT2D eigenvalue weighted by Crippen LogP contribution is -2.13. The number of ether oxygens (including phenoxy) is 1. The van der Waals surface area contributed by atoms with Crippen LogP contribution in [-0.4, -0.2) is 27.6 Å². The number of alkyl halides is 3. The maximum Gasteiger partial charge on any atom is 0.417 e. The lowest BCUT2D eigenvalue weighted by Gasteiger charge is -2.14. The highest BCUT2D eigenvalue weighted by Crippen LogP contribution is 2.34.